The van der Waals surface area contributed by atoms with Gasteiger partial charge < -0.3 is 20.5 Å². The van der Waals surface area contributed by atoms with Crippen LogP contribution in [0.15, 0.2) is 24.3 Å². The first kappa shape index (κ1) is 15.2. The highest BCUT2D eigenvalue weighted by Crippen LogP contribution is 2.39. The standard InChI is InChI=1S/C15H21ClN2O2/c1-10(2)9-18-13(8-17)11-6-12(16)15-14(7-11)19-4-3-5-20-15/h6-7,13,18H,1,3-5,8-9,17H2,2H3. The second kappa shape index (κ2) is 6.97. The van der Waals surface area contributed by atoms with E-state index in [1.807, 2.05) is 19.1 Å². The Morgan fingerprint density at radius 3 is 2.90 bits per heavy atom. The van der Waals surface area contributed by atoms with Gasteiger partial charge in [-0.2, -0.15) is 0 Å². The quantitative estimate of drug-likeness (QED) is 0.820. The Hall–Kier alpha value is -1.23. The summed E-state index contributed by atoms with van der Waals surface area (Å²) in [5, 5.41) is 3.92. The SMILES string of the molecule is C=C(C)CNC(CN)c1cc(Cl)c2c(c1)OCCCO2. The van der Waals surface area contributed by atoms with Crippen molar-refractivity contribution in [2.24, 2.45) is 5.73 Å². The zero-order valence-electron chi connectivity index (χ0n) is 11.7. The molecule has 0 aromatic heterocycles. The number of benzene rings is 1. The van der Waals surface area contributed by atoms with Gasteiger partial charge >= 0.3 is 0 Å². The second-order valence-corrected chi connectivity index (χ2v) is 5.41. The molecule has 1 aliphatic heterocycles. The third kappa shape index (κ3) is 3.66. The van der Waals surface area contributed by atoms with Crippen molar-refractivity contribution >= 4 is 11.6 Å². The van der Waals surface area contributed by atoms with E-state index in [1.54, 1.807) is 0 Å². The molecule has 2 rings (SSSR count). The van der Waals surface area contributed by atoms with Crippen LogP contribution in [-0.4, -0.2) is 26.3 Å². The van der Waals surface area contributed by atoms with Crippen molar-refractivity contribution in [3.05, 3.63) is 34.9 Å². The largest absolute Gasteiger partial charge is 0.489 e. The van der Waals surface area contributed by atoms with Crippen molar-refractivity contribution in [2.75, 3.05) is 26.3 Å². The van der Waals surface area contributed by atoms with Crippen molar-refractivity contribution in [3.63, 3.8) is 0 Å². The Bertz CT molecular complexity index is 491. The highest BCUT2D eigenvalue weighted by Gasteiger charge is 2.19. The molecule has 1 aliphatic rings. The highest BCUT2D eigenvalue weighted by molar-refractivity contribution is 6.32. The number of hydrogen-bond donors (Lipinski definition) is 2. The van der Waals surface area contributed by atoms with Gasteiger partial charge in [0, 0.05) is 25.6 Å². The third-order valence-electron chi connectivity index (χ3n) is 3.11. The minimum atomic E-state index is 0.0151. The smallest absolute Gasteiger partial charge is 0.179 e. The maximum atomic E-state index is 6.29. The summed E-state index contributed by atoms with van der Waals surface area (Å²) in [7, 11) is 0. The Kier molecular flexibility index (Phi) is 5.29. The van der Waals surface area contributed by atoms with E-state index in [9.17, 15) is 0 Å². The summed E-state index contributed by atoms with van der Waals surface area (Å²) in [5.41, 5.74) is 7.90. The molecule has 0 spiro atoms. The molecule has 20 heavy (non-hydrogen) atoms. The van der Waals surface area contributed by atoms with Crippen LogP contribution in [0.4, 0.5) is 0 Å². The van der Waals surface area contributed by atoms with E-state index >= 15 is 0 Å². The van der Waals surface area contributed by atoms with Crippen molar-refractivity contribution in [1.29, 1.82) is 0 Å². The lowest BCUT2D eigenvalue weighted by Crippen LogP contribution is -2.29. The molecule has 1 heterocycles. The van der Waals surface area contributed by atoms with Gasteiger partial charge in [-0.3, -0.25) is 0 Å². The summed E-state index contributed by atoms with van der Waals surface area (Å²) in [6.07, 6.45) is 0.856. The first-order chi connectivity index (χ1) is 9.61. The summed E-state index contributed by atoms with van der Waals surface area (Å²) in [6, 6.07) is 3.86. The summed E-state index contributed by atoms with van der Waals surface area (Å²) < 4.78 is 11.3. The number of nitrogens with two attached hydrogens (primary N) is 1. The monoisotopic (exact) mass is 296 g/mol. The summed E-state index contributed by atoms with van der Waals surface area (Å²) >= 11 is 6.29. The summed E-state index contributed by atoms with van der Waals surface area (Å²) in [5.74, 6) is 1.32. The van der Waals surface area contributed by atoms with E-state index in [1.165, 1.54) is 0 Å². The molecular formula is C15H21ClN2O2. The van der Waals surface area contributed by atoms with E-state index < -0.39 is 0 Å². The average molecular weight is 297 g/mol. The normalized spacial score (nSPS) is 15.6. The fourth-order valence-corrected chi connectivity index (χ4v) is 2.36. The minimum Gasteiger partial charge on any atom is -0.489 e. The molecule has 4 nitrogen and oxygen atoms in total. The van der Waals surface area contributed by atoms with Gasteiger partial charge in [0.15, 0.2) is 11.5 Å². The Balaban J connectivity index is 2.24. The van der Waals surface area contributed by atoms with Crippen LogP contribution in [0.2, 0.25) is 5.02 Å². The lowest BCUT2D eigenvalue weighted by atomic mass is 10.1. The van der Waals surface area contributed by atoms with Gasteiger partial charge in [-0.05, 0) is 24.6 Å². The third-order valence-corrected chi connectivity index (χ3v) is 3.39. The fourth-order valence-electron chi connectivity index (χ4n) is 2.09. The van der Waals surface area contributed by atoms with Crippen LogP contribution in [0.3, 0.4) is 0 Å². The van der Waals surface area contributed by atoms with E-state index in [0.29, 0.717) is 42.8 Å². The molecule has 0 amide bonds. The number of nitrogens with one attached hydrogen (secondary N) is 1. The van der Waals surface area contributed by atoms with Crippen LogP contribution in [-0.2, 0) is 0 Å². The van der Waals surface area contributed by atoms with Crippen molar-refractivity contribution < 1.29 is 9.47 Å². The van der Waals surface area contributed by atoms with Gasteiger partial charge in [-0.15, -0.1) is 0 Å². The zero-order chi connectivity index (χ0) is 14.5. The summed E-state index contributed by atoms with van der Waals surface area (Å²) in [6.45, 7) is 8.31. The van der Waals surface area contributed by atoms with Gasteiger partial charge in [-0.25, -0.2) is 0 Å². The van der Waals surface area contributed by atoms with Gasteiger partial charge in [0.05, 0.1) is 18.2 Å². The molecular weight excluding hydrogens is 276 g/mol. The van der Waals surface area contributed by atoms with E-state index in [4.69, 9.17) is 26.8 Å². The zero-order valence-corrected chi connectivity index (χ0v) is 12.5. The number of halogens is 1. The van der Waals surface area contributed by atoms with Gasteiger partial charge in [0.2, 0.25) is 0 Å². The minimum absolute atomic E-state index is 0.0151. The molecule has 5 heteroatoms. The van der Waals surface area contributed by atoms with E-state index in [-0.39, 0.29) is 6.04 Å². The molecule has 110 valence electrons. The predicted octanol–water partition coefficient (Wildman–Crippen LogP) is 2.67. The van der Waals surface area contributed by atoms with Crippen LogP contribution in [0.1, 0.15) is 24.9 Å². The Labute approximate surface area is 124 Å². The molecule has 0 saturated heterocycles. The predicted molar refractivity (Wildman–Crippen MR) is 81.7 cm³/mol. The molecule has 1 aromatic rings. The first-order valence-electron chi connectivity index (χ1n) is 6.78. The molecule has 3 N–H and O–H groups in total. The van der Waals surface area contributed by atoms with Crippen LogP contribution < -0.4 is 20.5 Å². The molecule has 0 saturated carbocycles. The van der Waals surface area contributed by atoms with E-state index in [2.05, 4.69) is 11.9 Å². The van der Waals surface area contributed by atoms with Crippen LogP contribution in [0, 0.1) is 0 Å². The topological polar surface area (TPSA) is 56.5 Å². The molecule has 1 atom stereocenters. The number of ether oxygens (including phenoxy) is 2. The fraction of sp³-hybridized carbons (Fsp3) is 0.467. The van der Waals surface area contributed by atoms with Crippen LogP contribution in [0.25, 0.3) is 0 Å². The van der Waals surface area contributed by atoms with Crippen molar-refractivity contribution in [3.8, 4) is 11.5 Å². The van der Waals surface area contributed by atoms with Crippen molar-refractivity contribution in [2.45, 2.75) is 19.4 Å². The molecule has 1 unspecified atom stereocenters. The van der Waals surface area contributed by atoms with Gasteiger partial charge in [0.25, 0.3) is 0 Å². The van der Waals surface area contributed by atoms with Gasteiger partial charge in [0.1, 0.15) is 0 Å². The number of fused-ring (bicyclic) bond motifs is 1. The molecule has 0 aliphatic carbocycles. The molecule has 0 bridgehead atoms. The highest BCUT2D eigenvalue weighted by atomic mass is 35.5. The lowest BCUT2D eigenvalue weighted by molar-refractivity contribution is 0.297. The Morgan fingerprint density at radius 1 is 1.45 bits per heavy atom. The van der Waals surface area contributed by atoms with Gasteiger partial charge in [-0.1, -0.05) is 23.8 Å². The average Bonchev–Trinajstić information content (AvgIpc) is 2.65. The molecule has 1 aromatic carbocycles. The Morgan fingerprint density at radius 2 is 2.20 bits per heavy atom. The molecule has 0 fully saturated rings. The summed E-state index contributed by atoms with van der Waals surface area (Å²) in [4.78, 5) is 0. The first-order valence-corrected chi connectivity index (χ1v) is 7.16. The lowest BCUT2D eigenvalue weighted by Gasteiger charge is -2.19. The molecule has 0 radical (unpaired) electrons. The maximum Gasteiger partial charge on any atom is 0.179 e. The van der Waals surface area contributed by atoms with Crippen molar-refractivity contribution in [1.82, 2.24) is 5.32 Å². The van der Waals surface area contributed by atoms with Crippen LogP contribution in [0.5, 0.6) is 11.5 Å². The second-order valence-electron chi connectivity index (χ2n) is 5.01. The van der Waals surface area contributed by atoms with E-state index in [0.717, 1.165) is 17.6 Å². The number of hydrogen-bond acceptors (Lipinski definition) is 4. The van der Waals surface area contributed by atoms with Crippen LogP contribution >= 0.6 is 11.6 Å². The number of rotatable bonds is 5. The maximum absolute atomic E-state index is 6.29.